The Morgan fingerprint density at radius 1 is 1.45 bits per heavy atom. The van der Waals surface area contributed by atoms with E-state index in [0.717, 1.165) is 25.8 Å². The Bertz CT molecular complexity index is 440. The lowest BCUT2D eigenvalue weighted by Crippen LogP contribution is -2.42. The quantitative estimate of drug-likeness (QED) is 0.858. The van der Waals surface area contributed by atoms with Crippen molar-refractivity contribution < 1.29 is 9.13 Å². The highest BCUT2D eigenvalue weighted by Gasteiger charge is 2.29. The number of hydrogen-bond donors (Lipinski definition) is 1. The molecule has 2 nitrogen and oxygen atoms in total. The highest BCUT2D eigenvalue weighted by atomic mass is 35.5. The number of rotatable bonds is 6. The van der Waals surface area contributed by atoms with Crippen molar-refractivity contribution in [1.82, 2.24) is 5.32 Å². The summed E-state index contributed by atoms with van der Waals surface area (Å²) in [4.78, 5) is 0. The molecule has 1 fully saturated rings. The van der Waals surface area contributed by atoms with Gasteiger partial charge >= 0.3 is 0 Å². The van der Waals surface area contributed by atoms with Crippen LogP contribution < -0.4 is 5.32 Å². The summed E-state index contributed by atoms with van der Waals surface area (Å²) in [5, 5.41) is 4.07. The third-order valence-corrected chi connectivity index (χ3v) is 4.05. The van der Waals surface area contributed by atoms with E-state index >= 15 is 0 Å². The molecule has 1 aliphatic heterocycles. The summed E-state index contributed by atoms with van der Waals surface area (Å²) in [7, 11) is 0. The molecular formula is C16H23ClFNO. The minimum absolute atomic E-state index is 0.146. The van der Waals surface area contributed by atoms with Crippen LogP contribution in [0.2, 0.25) is 5.02 Å². The van der Waals surface area contributed by atoms with Gasteiger partial charge in [0.2, 0.25) is 0 Å². The van der Waals surface area contributed by atoms with E-state index < -0.39 is 0 Å². The molecule has 1 N–H and O–H groups in total. The van der Waals surface area contributed by atoms with Crippen LogP contribution in [0, 0.1) is 5.82 Å². The molecule has 4 heteroatoms. The van der Waals surface area contributed by atoms with Gasteiger partial charge in [0.15, 0.2) is 0 Å². The van der Waals surface area contributed by atoms with Gasteiger partial charge < -0.3 is 10.1 Å². The van der Waals surface area contributed by atoms with E-state index in [2.05, 4.69) is 19.2 Å². The van der Waals surface area contributed by atoms with Crippen LogP contribution in [0.1, 0.15) is 38.7 Å². The summed E-state index contributed by atoms with van der Waals surface area (Å²) in [6.45, 7) is 5.14. The van der Waals surface area contributed by atoms with Crippen LogP contribution >= 0.6 is 11.6 Å². The van der Waals surface area contributed by atoms with Gasteiger partial charge in [-0.05, 0) is 62.9 Å². The molecule has 0 aliphatic carbocycles. The largest absolute Gasteiger partial charge is 0.374 e. The normalized spacial score (nSPS) is 24.0. The number of hydrogen-bond acceptors (Lipinski definition) is 2. The molecule has 3 unspecified atom stereocenters. The van der Waals surface area contributed by atoms with Crippen molar-refractivity contribution in [3.63, 3.8) is 0 Å². The number of benzene rings is 1. The Morgan fingerprint density at radius 3 is 2.90 bits per heavy atom. The Labute approximate surface area is 125 Å². The van der Waals surface area contributed by atoms with Gasteiger partial charge in [-0.3, -0.25) is 0 Å². The molecule has 0 spiro atoms. The summed E-state index contributed by atoms with van der Waals surface area (Å²) in [6, 6.07) is 4.89. The first-order valence-corrected chi connectivity index (χ1v) is 7.80. The topological polar surface area (TPSA) is 21.3 Å². The lowest BCUT2D eigenvalue weighted by Gasteiger charge is -2.25. The van der Waals surface area contributed by atoms with E-state index in [1.165, 1.54) is 6.07 Å². The van der Waals surface area contributed by atoms with E-state index in [-0.39, 0.29) is 18.0 Å². The van der Waals surface area contributed by atoms with Crippen LogP contribution in [0.25, 0.3) is 0 Å². The first-order chi connectivity index (χ1) is 9.60. The monoisotopic (exact) mass is 299 g/mol. The zero-order chi connectivity index (χ0) is 14.5. The molecule has 0 radical (unpaired) electrons. The van der Waals surface area contributed by atoms with Crippen LogP contribution in [0.15, 0.2) is 18.2 Å². The van der Waals surface area contributed by atoms with Gasteiger partial charge in [-0.15, -0.1) is 0 Å². The van der Waals surface area contributed by atoms with Crippen molar-refractivity contribution in [2.24, 2.45) is 0 Å². The van der Waals surface area contributed by atoms with E-state index in [1.54, 1.807) is 12.1 Å². The molecule has 0 saturated carbocycles. The van der Waals surface area contributed by atoms with Gasteiger partial charge in [0.05, 0.1) is 12.2 Å². The summed E-state index contributed by atoms with van der Waals surface area (Å²) in [5.41, 5.74) is 0.661. The summed E-state index contributed by atoms with van der Waals surface area (Å²) < 4.78 is 19.8. The molecule has 1 heterocycles. The molecule has 3 atom stereocenters. The summed E-state index contributed by atoms with van der Waals surface area (Å²) in [5.74, 6) is -0.191. The molecule has 0 amide bonds. The predicted molar refractivity (Wildman–Crippen MR) is 80.8 cm³/mol. The predicted octanol–water partition coefficient (Wildman–Crippen LogP) is 3.96. The maximum Gasteiger partial charge on any atom is 0.126 e. The van der Waals surface area contributed by atoms with Gasteiger partial charge in [0, 0.05) is 11.1 Å². The van der Waals surface area contributed by atoms with Crippen LogP contribution in [0.5, 0.6) is 0 Å². The van der Waals surface area contributed by atoms with Crippen molar-refractivity contribution in [1.29, 1.82) is 0 Å². The Kier molecular flexibility index (Phi) is 5.82. The van der Waals surface area contributed by atoms with Crippen molar-refractivity contribution in [2.75, 3.05) is 6.54 Å². The number of nitrogens with one attached hydrogen (secondary N) is 1. The summed E-state index contributed by atoms with van der Waals surface area (Å²) >= 11 is 5.97. The minimum atomic E-state index is -0.191. The molecular weight excluding hydrogens is 277 g/mol. The van der Waals surface area contributed by atoms with Crippen LogP contribution in [0.3, 0.4) is 0 Å². The molecule has 1 aromatic rings. The second-order valence-corrected chi connectivity index (χ2v) is 6.00. The maximum atomic E-state index is 13.9. The standard InChI is InChI=1S/C16H23ClFNO/c1-3-8-19-15(16-7-4-11(2)20-16)10-12-9-13(17)5-6-14(12)18/h5-6,9,11,15-16,19H,3-4,7-8,10H2,1-2H3. The van der Waals surface area contributed by atoms with Gasteiger partial charge in [0.1, 0.15) is 5.82 Å². The summed E-state index contributed by atoms with van der Waals surface area (Å²) in [6.07, 6.45) is 4.24. The molecule has 0 aromatic heterocycles. The lowest BCUT2D eigenvalue weighted by molar-refractivity contribution is 0.0319. The number of halogens is 2. The molecule has 112 valence electrons. The highest BCUT2D eigenvalue weighted by Crippen LogP contribution is 2.25. The molecule has 1 aromatic carbocycles. The zero-order valence-electron chi connectivity index (χ0n) is 12.2. The number of ether oxygens (including phenoxy) is 1. The second-order valence-electron chi connectivity index (χ2n) is 5.56. The average Bonchev–Trinajstić information content (AvgIpc) is 2.85. The van der Waals surface area contributed by atoms with Crippen molar-refractivity contribution in [2.45, 2.75) is 57.8 Å². The smallest absolute Gasteiger partial charge is 0.126 e. The van der Waals surface area contributed by atoms with Gasteiger partial charge in [-0.25, -0.2) is 4.39 Å². The fourth-order valence-corrected chi connectivity index (χ4v) is 2.93. The van der Waals surface area contributed by atoms with Gasteiger partial charge in [-0.2, -0.15) is 0 Å². The third-order valence-electron chi connectivity index (χ3n) is 3.82. The van der Waals surface area contributed by atoms with Crippen LogP contribution in [0.4, 0.5) is 4.39 Å². The SMILES string of the molecule is CCCNC(Cc1cc(Cl)ccc1F)C1CCC(C)O1. The van der Waals surface area contributed by atoms with Gasteiger partial charge in [-0.1, -0.05) is 18.5 Å². The first-order valence-electron chi connectivity index (χ1n) is 7.43. The molecule has 2 rings (SSSR count). The Morgan fingerprint density at radius 2 is 2.25 bits per heavy atom. The van der Waals surface area contributed by atoms with E-state index in [4.69, 9.17) is 16.3 Å². The van der Waals surface area contributed by atoms with Crippen LogP contribution in [-0.4, -0.2) is 24.8 Å². The van der Waals surface area contributed by atoms with Crippen molar-refractivity contribution in [3.8, 4) is 0 Å². The molecule has 20 heavy (non-hydrogen) atoms. The van der Waals surface area contributed by atoms with E-state index in [0.29, 0.717) is 23.1 Å². The van der Waals surface area contributed by atoms with Crippen molar-refractivity contribution >= 4 is 11.6 Å². The third kappa shape index (κ3) is 4.18. The Balaban J connectivity index is 2.08. The molecule has 0 bridgehead atoms. The van der Waals surface area contributed by atoms with Crippen LogP contribution in [-0.2, 0) is 11.2 Å². The maximum absolute atomic E-state index is 13.9. The molecule has 1 saturated heterocycles. The fourth-order valence-electron chi connectivity index (χ4n) is 2.73. The molecule has 1 aliphatic rings. The first kappa shape index (κ1) is 15.7. The van der Waals surface area contributed by atoms with E-state index in [9.17, 15) is 4.39 Å². The average molecular weight is 300 g/mol. The highest BCUT2D eigenvalue weighted by molar-refractivity contribution is 6.30. The Hall–Kier alpha value is -0.640. The van der Waals surface area contributed by atoms with E-state index in [1.807, 2.05) is 0 Å². The lowest BCUT2D eigenvalue weighted by atomic mass is 9.98. The second kappa shape index (κ2) is 7.39. The van der Waals surface area contributed by atoms with Gasteiger partial charge in [0.25, 0.3) is 0 Å². The minimum Gasteiger partial charge on any atom is -0.374 e. The van der Waals surface area contributed by atoms with Crippen molar-refractivity contribution in [3.05, 3.63) is 34.6 Å². The fraction of sp³-hybridized carbons (Fsp3) is 0.625. The zero-order valence-corrected chi connectivity index (χ0v) is 12.9.